The van der Waals surface area contributed by atoms with E-state index >= 15 is 0 Å². The standard InChI is InChI=1S/C26H27F3N2O2/c1-18(2)20-9-7-19(8-10-20)17-33-22-13-11-21(12-14-22)31(16-15-30)25(32)23-5-3-4-6-24(23)26(27,28)29/h3-14,18H,15-17,30H2,1-2H3. The fraction of sp³-hybridized carbons (Fsp3) is 0.269. The van der Waals surface area contributed by atoms with Crippen LogP contribution in [0.4, 0.5) is 18.9 Å². The second-order valence-electron chi connectivity index (χ2n) is 7.97. The van der Waals surface area contributed by atoms with Crippen LogP contribution in [0.2, 0.25) is 0 Å². The number of alkyl halides is 3. The van der Waals surface area contributed by atoms with E-state index in [1.165, 1.54) is 28.7 Å². The number of anilines is 1. The van der Waals surface area contributed by atoms with Gasteiger partial charge in [-0.2, -0.15) is 13.2 Å². The van der Waals surface area contributed by atoms with Crippen LogP contribution in [0, 0.1) is 0 Å². The van der Waals surface area contributed by atoms with Crippen molar-refractivity contribution in [2.45, 2.75) is 32.5 Å². The third-order valence-electron chi connectivity index (χ3n) is 5.26. The highest BCUT2D eigenvalue weighted by molar-refractivity contribution is 6.07. The summed E-state index contributed by atoms with van der Waals surface area (Å²) in [4.78, 5) is 14.3. The first-order valence-electron chi connectivity index (χ1n) is 10.7. The molecule has 3 rings (SSSR count). The minimum atomic E-state index is -4.63. The molecule has 0 radical (unpaired) electrons. The Kier molecular flexibility index (Phi) is 7.76. The van der Waals surface area contributed by atoms with Crippen LogP contribution in [0.3, 0.4) is 0 Å². The van der Waals surface area contributed by atoms with Crippen molar-refractivity contribution in [3.05, 3.63) is 95.1 Å². The molecule has 7 heteroatoms. The largest absolute Gasteiger partial charge is 0.489 e. The number of benzene rings is 3. The molecule has 0 bridgehead atoms. The molecule has 0 aliphatic rings. The van der Waals surface area contributed by atoms with Crippen LogP contribution in [-0.2, 0) is 12.8 Å². The second-order valence-corrected chi connectivity index (χ2v) is 7.97. The van der Waals surface area contributed by atoms with Gasteiger partial charge in [0, 0.05) is 18.8 Å². The van der Waals surface area contributed by atoms with Gasteiger partial charge in [0.15, 0.2) is 0 Å². The molecule has 2 N–H and O–H groups in total. The summed E-state index contributed by atoms with van der Waals surface area (Å²) in [6, 6.07) is 19.6. The summed E-state index contributed by atoms with van der Waals surface area (Å²) in [5.74, 6) is 0.282. The minimum absolute atomic E-state index is 0.0768. The topological polar surface area (TPSA) is 55.6 Å². The molecule has 0 spiro atoms. The third kappa shape index (κ3) is 6.14. The summed E-state index contributed by atoms with van der Waals surface area (Å²) in [6.07, 6.45) is -4.63. The quantitative estimate of drug-likeness (QED) is 0.451. The number of carbonyl (C=O) groups excluding carboxylic acids is 1. The van der Waals surface area contributed by atoms with Gasteiger partial charge in [0.05, 0.1) is 11.1 Å². The molecular formula is C26H27F3N2O2. The zero-order chi connectivity index (χ0) is 24.0. The van der Waals surface area contributed by atoms with Gasteiger partial charge in [0.25, 0.3) is 5.91 Å². The maximum absolute atomic E-state index is 13.4. The summed E-state index contributed by atoms with van der Waals surface area (Å²) >= 11 is 0. The molecule has 4 nitrogen and oxygen atoms in total. The van der Waals surface area contributed by atoms with E-state index in [9.17, 15) is 18.0 Å². The number of amides is 1. The first-order chi connectivity index (χ1) is 15.7. The molecule has 0 saturated heterocycles. The van der Waals surface area contributed by atoms with E-state index in [1.54, 1.807) is 24.3 Å². The third-order valence-corrected chi connectivity index (χ3v) is 5.26. The summed E-state index contributed by atoms with van der Waals surface area (Å²) in [5.41, 5.74) is 6.96. The number of hydrogen-bond donors (Lipinski definition) is 1. The van der Waals surface area contributed by atoms with E-state index in [1.807, 2.05) is 12.1 Å². The highest BCUT2D eigenvalue weighted by Crippen LogP contribution is 2.33. The maximum atomic E-state index is 13.4. The van der Waals surface area contributed by atoms with E-state index in [2.05, 4.69) is 26.0 Å². The monoisotopic (exact) mass is 456 g/mol. The van der Waals surface area contributed by atoms with Crippen molar-refractivity contribution in [3.63, 3.8) is 0 Å². The van der Waals surface area contributed by atoms with Crippen LogP contribution in [0.25, 0.3) is 0 Å². The van der Waals surface area contributed by atoms with Gasteiger partial charge in [-0.3, -0.25) is 4.79 Å². The molecule has 0 aliphatic carbocycles. The average molecular weight is 457 g/mol. The smallest absolute Gasteiger partial charge is 0.417 e. The Morgan fingerprint density at radius 3 is 2.18 bits per heavy atom. The molecule has 0 unspecified atom stereocenters. The van der Waals surface area contributed by atoms with Crippen molar-refractivity contribution in [1.29, 1.82) is 0 Å². The maximum Gasteiger partial charge on any atom is 0.417 e. The Bertz CT molecular complexity index is 1060. The van der Waals surface area contributed by atoms with Gasteiger partial charge in [0.1, 0.15) is 12.4 Å². The Labute approximate surface area is 191 Å². The average Bonchev–Trinajstić information content (AvgIpc) is 2.81. The predicted octanol–water partition coefficient (Wildman–Crippen LogP) is 6.01. The molecular weight excluding hydrogens is 429 g/mol. The number of halogens is 3. The molecule has 0 aliphatic heterocycles. The van der Waals surface area contributed by atoms with Crippen molar-refractivity contribution in [3.8, 4) is 5.75 Å². The van der Waals surface area contributed by atoms with Crippen molar-refractivity contribution in [2.75, 3.05) is 18.0 Å². The lowest BCUT2D eigenvalue weighted by Crippen LogP contribution is -2.36. The highest BCUT2D eigenvalue weighted by Gasteiger charge is 2.36. The molecule has 0 heterocycles. The molecule has 0 atom stereocenters. The minimum Gasteiger partial charge on any atom is -0.489 e. The van der Waals surface area contributed by atoms with E-state index in [0.29, 0.717) is 24.0 Å². The van der Waals surface area contributed by atoms with Gasteiger partial charge in [-0.1, -0.05) is 50.2 Å². The first kappa shape index (κ1) is 24.3. The van der Waals surface area contributed by atoms with E-state index in [4.69, 9.17) is 10.5 Å². The van der Waals surface area contributed by atoms with Gasteiger partial charge in [0.2, 0.25) is 0 Å². The van der Waals surface area contributed by atoms with Crippen molar-refractivity contribution in [1.82, 2.24) is 0 Å². The Hall–Kier alpha value is -3.32. The van der Waals surface area contributed by atoms with Gasteiger partial charge >= 0.3 is 6.18 Å². The first-order valence-corrected chi connectivity index (χ1v) is 10.7. The number of ether oxygens (including phenoxy) is 1. The second kappa shape index (κ2) is 10.5. The summed E-state index contributed by atoms with van der Waals surface area (Å²) in [5, 5.41) is 0. The predicted molar refractivity (Wildman–Crippen MR) is 123 cm³/mol. The number of rotatable bonds is 8. The fourth-order valence-corrected chi connectivity index (χ4v) is 3.43. The van der Waals surface area contributed by atoms with E-state index < -0.39 is 23.2 Å². The number of nitrogens with zero attached hydrogens (tertiary/aromatic N) is 1. The zero-order valence-corrected chi connectivity index (χ0v) is 18.6. The normalized spacial score (nSPS) is 11.5. The molecule has 0 aromatic heterocycles. The SMILES string of the molecule is CC(C)c1ccc(COc2ccc(N(CCN)C(=O)c3ccccc3C(F)(F)F)cc2)cc1. The van der Waals surface area contributed by atoms with Crippen molar-refractivity contribution in [2.24, 2.45) is 5.73 Å². The van der Waals surface area contributed by atoms with Crippen molar-refractivity contribution < 1.29 is 22.7 Å². The zero-order valence-electron chi connectivity index (χ0n) is 18.6. The number of hydrogen-bond acceptors (Lipinski definition) is 3. The Morgan fingerprint density at radius 2 is 1.61 bits per heavy atom. The van der Waals surface area contributed by atoms with Gasteiger partial charge in [-0.05, 0) is 53.4 Å². The van der Waals surface area contributed by atoms with Gasteiger partial charge < -0.3 is 15.4 Å². The van der Waals surface area contributed by atoms with Crippen LogP contribution in [-0.4, -0.2) is 19.0 Å². The molecule has 3 aromatic carbocycles. The lowest BCUT2D eigenvalue weighted by Gasteiger charge is -2.24. The summed E-state index contributed by atoms with van der Waals surface area (Å²) in [6.45, 7) is 4.82. The molecule has 3 aromatic rings. The highest BCUT2D eigenvalue weighted by atomic mass is 19.4. The summed E-state index contributed by atoms with van der Waals surface area (Å²) < 4.78 is 46.0. The fourth-order valence-electron chi connectivity index (χ4n) is 3.43. The molecule has 0 saturated carbocycles. The summed E-state index contributed by atoms with van der Waals surface area (Å²) in [7, 11) is 0. The lowest BCUT2D eigenvalue weighted by atomic mass is 10.0. The van der Waals surface area contributed by atoms with Crippen LogP contribution in [0.15, 0.2) is 72.8 Å². The van der Waals surface area contributed by atoms with Crippen molar-refractivity contribution >= 4 is 11.6 Å². The van der Waals surface area contributed by atoms with E-state index in [0.717, 1.165) is 11.6 Å². The molecule has 0 fully saturated rings. The van der Waals surface area contributed by atoms with Gasteiger partial charge in [-0.25, -0.2) is 0 Å². The lowest BCUT2D eigenvalue weighted by molar-refractivity contribution is -0.137. The molecule has 33 heavy (non-hydrogen) atoms. The van der Waals surface area contributed by atoms with Crippen LogP contribution in [0.1, 0.15) is 46.8 Å². The number of carbonyl (C=O) groups is 1. The molecule has 174 valence electrons. The number of nitrogens with two attached hydrogens (primary N) is 1. The van der Waals surface area contributed by atoms with Gasteiger partial charge in [-0.15, -0.1) is 0 Å². The Balaban J connectivity index is 1.75. The van der Waals surface area contributed by atoms with Crippen LogP contribution >= 0.6 is 0 Å². The Morgan fingerprint density at radius 1 is 0.970 bits per heavy atom. The van der Waals surface area contributed by atoms with Crippen LogP contribution in [0.5, 0.6) is 5.75 Å². The van der Waals surface area contributed by atoms with E-state index in [-0.39, 0.29) is 13.1 Å². The van der Waals surface area contributed by atoms with Crippen LogP contribution < -0.4 is 15.4 Å². The molecule has 1 amide bonds.